The molecule has 0 spiro atoms. The molecule has 3 rings (SSSR count). The van der Waals surface area contributed by atoms with Crippen LogP contribution >= 0.6 is 11.6 Å². The Bertz CT molecular complexity index is 867. The standard InChI is InChI=1S/C20H19ClN2O4/c1-2-27-20(26)12-6-8-14(9-7-12)22-18(24)16-11-17(16)19(25)23-15-5-3-4-13(21)10-15/h3-10,16-17H,2,11H2,1H3,(H,22,24)(H,23,25). The molecule has 27 heavy (non-hydrogen) atoms. The normalized spacial score (nSPS) is 17.7. The van der Waals surface area contributed by atoms with E-state index >= 15 is 0 Å². The van der Waals surface area contributed by atoms with E-state index in [0.717, 1.165) is 0 Å². The second kappa shape index (κ2) is 8.22. The maximum atomic E-state index is 12.3. The van der Waals surface area contributed by atoms with Crippen LogP contribution in [-0.2, 0) is 14.3 Å². The Morgan fingerprint density at radius 2 is 1.63 bits per heavy atom. The highest BCUT2D eigenvalue weighted by atomic mass is 35.5. The number of anilines is 2. The maximum Gasteiger partial charge on any atom is 0.338 e. The number of rotatable bonds is 6. The molecular weight excluding hydrogens is 368 g/mol. The molecule has 0 aromatic heterocycles. The molecule has 1 aliphatic carbocycles. The van der Waals surface area contributed by atoms with Gasteiger partial charge in [0.15, 0.2) is 0 Å². The highest BCUT2D eigenvalue weighted by Crippen LogP contribution is 2.40. The van der Waals surface area contributed by atoms with Gasteiger partial charge in [0.2, 0.25) is 11.8 Å². The number of ether oxygens (including phenoxy) is 1. The third-order valence-electron chi connectivity index (χ3n) is 4.22. The first kappa shape index (κ1) is 18.9. The largest absolute Gasteiger partial charge is 0.462 e. The van der Waals surface area contributed by atoms with Gasteiger partial charge in [-0.25, -0.2) is 4.79 Å². The summed E-state index contributed by atoms with van der Waals surface area (Å²) in [6.45, 7) is 2.04. The van der Waals surface area contributed by atoms with Crippen LogP contribution in [0.3, 0.4) is 0 Å². The fourth-order valence-corrected chi connectivity index (χ4v) is 2.91. The Hall–Kier alpha value is -2.86. The summed E-state index contributed by atoms with van der Waals surface area (Å²) >= 11 is 5.90. The van der Waals surface area contributed by atoms with Crippen LogP contribution < -0.4 is 10.6 Å². The summed E-state index contributed by atoms with van der Waals surface area (Å²) in [5, 5.41) is 6.07. The van der Waals surface area contributed by atoms with Crippen LogP contribution in [-0.4, -0.2) is 24.4 Å². The van der Waals surface area contributed by atoms with Gasteiger partial charge in [0.25, 0.3) is 0 Å². The Kier molecular flexibility index (Phi) is 5.76. The van der Waals surface area contributed by atoms with Crippen LogP contribution in [0.4, 0.5) is 11.4 Å². The third-order valence-corrected chi connectivity index (χ3v) is 4.45. The number of esters is 1. The fourth-order valence-electron chi connectivity index (χ4n) is 2.71. The molecule has 0 radical (unpaired) electrons. The summed E-state index contributed by atoms with van der Waals surface area (Å²) in [5.74, 6) is -1.55. The number of carbonyl (C=O) groups excluding carboxylic acids is 3. The van der Waals surface area contributed by atoms with Gasteiger partial charge in [-0.05, 0) is 55.8 Å². The Morgan fingerprint density at radius 1 is 1.00 bits per heavy atom. The number of benzene rings is 2. The van der Waals surface area contributed by atoms with E-state index in [1.54, 1.807) is 55.5 Å². The molecule has 6 nitrogen and oxygen atoms in total. The van der Waals surface area contributed by atoms with Crippen molar-refractivity contribution in [2.75, 3.05) is 17.2 Å². The lowest BCUT2D eigenvalue weighted by atomic mass is 10.2. The maximum absolute atomic E-state index is 12.3. The molecule has 0 saturated heterocycles. The van der Waals surface area contributed by atoms with E-state index in [0.29, 0.717) is 35.0 Å². The van der Waals surface area contributed by atoms with E-state index in [1.807, 2.05) is 0 Å². The minimum Gasteiger partial charge on any atom is -0.462 e. The lowest BCUT2D eigenvalue weighted by Crippen LogP contribution is -2.20. The van der Waals surface area contributed by atoms with Crippen molar-refractivity contribution in [1.29, 1.82) is 0 Å². The number of nitrogens with one attached hydrogen (secondary N) is 2. The van der Waals surface area contributed by atoms with Gasteiger partial charge in [0.05, 0.1) is 24.0 Å². The Morgan fingerprint density at radius 3 is 2.22 bits per heavy atom. The molecule has 1 saturated carbocycles. The van der Waals surface area contributed by atoms with Crippen molar-refractivity contribution >= 4 is 40.8 Å². The van der Waals surface area contributed by atoms with Crippen LogP contribution in [0.25, 0.3) is 0 Å². The SMILES string of the molecule is CCOC(=O)c1ccc(NC(=O)C2CC2C(=O)Nc2cccc(Cl)c2)cc1. The number of amides is 2. The average Bonchev–Trinajstić information content (AvgIpc) is 3.43. The van der Waals surface area contributed by atoms with Crippen molar-refractivity contribution in [3.05, 3.63) is 59.1 Å². The van der Waals surface area contributed by atoms with Crippen LogP contribution in [0, 0.1) is 11.8 Å². The summed E-state index contributed by atoms with van der Waals surface area (Å²) < 4.78 is 4.91. The molecule has 1 aliphatic rings. The molecule has 140 valence electrons. The topological polar surface area (TPSA) is 84.5 Å². The highest BCUT2D eigenvalue weighted by Gasteiger charge is 2.48. The van der Waals surface area contributed by atoms with Crippen molar-refractivity contribution in [3.63, 3.8) is 0 Å². The zero-order chi connectivity index (χ0) is 19.4. The molecule has 2 N–H and O–H groups in total. The van der Waals surface area contributed by atoms with Crippen molar-refractivity contribution in [2.45, 2.75) is 13.3 Å². The summed E-state index contributed by atoms with van der Waals surface area (Å²) in [5.41, 5.74) is 1.59. The molecule has 2 aromatic rings. The molecule has 2 aromatic carbocycles. The van der Waals surface area contributed by atoms with Crippen molar-refractivity contribution in [3.8, 4) is 0 Å². The molecular formula is C20H19ClN2O4. The minimum absolute atomic E-state index is 0.199. The van der Waals surface area contributed by atoms with E-state index in [2.05, 4.69) is 10.6 Å². The molecule has 0 aliphatic heterocycles. The van der Waals surface area contributed by atoms with Crippen molar-refractivity contribution in [2.24, 2.45) is 11.8 Å². The molecule has 0 heterocycles. The second-order valence-corrected chi connectivity index (χ2v) is 6.67. The van der Waals surface area contributed by atoms with E-state index in [9.17, 15) is 14.4 Å². The minimum atomic E-state index is -0.407. The van der Waals surface area contributed by atoms with Gasteiger partial charge in [-0.2, -0.15) is 0 Å². The van der Waals surface area contributed by atoms with Gasteiger partial charge >= 0.3 is 5.97 Å². The van der Waals surface area contributed by atoms with Crippen LogP contribution in [0.1, 0.15) is 23.7 Å². The van der Waals surface area contributed by atoms with Gasteiger partial charge < -0.3 is 15.4 Å². The summed E-state index contributed by atoms with van der Waals surface area (Å²) in [6.07, 6.45) is 0.499. The molecule has 2 unspecified atom stereocenters. The van der Waals surface area contributed by atoms with Gasteiger partial charge in [0, 0.05) is 16.4 Å². The first-order valence-corrected chi connectivity index (χ1v) is 9.00. The molecule has 7 heteroatoms. The van der Waals surface area contributed by atoms with Crippen molar-refractivity contribution < 1.29 is 19.1 Å². The van der Waals surface area contributed by atoms with Gasteiger partial charge in [-0.1, -0.05) is 17.7 Å². The fraction of sp³-hybridized carbons (Fsp3) is 0.250. The monoisotopic (exact) mass is 386 g/mol. The molecule has 0 bridgehead atoms. The van der Waals surface area contributed by atoms with E-state index in [-0.39, 0.29) is 23.7 Å². The lowest BCUT2D eigenvalue weighted by molar-refractivity contribution is -0.122. The van der Waals surface area contributed by atoms with Gasteiger partial charge in [0.1, 0.15) is 0 Å². The summed E-state index contributed by atoms with van der Waals surface area (Å²) in [4.78, 5) is 36.2. The molecule has 2 atom stereocenters. The number of hydrogen-bond donors (Lipinski definition) is 2. The zero-order valence-corrected chi connectivity index (χ0v) is 15.5. The van der Waals surface area contributed by atoms with Crippen molar-refractivity contribution in [1.82, 2.24) is 0 Å². The average molecular weight is 387 g/mol. The predicted molar refractivity (Wildman–Crippen MR) is 103 cm³/mol. The Labute approximate surface area is 161 Å². The second-order valence-electron chi connectivity index (χ2n) is 6.24. The molecule has 2 amide bonds. The van der Waals surface area contributed by atoms with Crippen LogP contribution in [0.2, 0.25) is 5.02 Å². The number of halogens is 1. The number of carbonyl (C=O) groups is 3. The molecule has 1 fully saturated rings. The summed E-state index contributed by atoms with van der Waals surface area (Å²) in [7, 11) is 0. The van der Waals surface area contributed by atoms with Crippen LogP contribution in [0.5, 0.6) is 0 Å². The first-order chi connectivity index (χ1) is 13.0. The first-order valence-electron chi connectivity index (χ1n) is 8.62. The quantitative estimate of drug-likeness (QED) is 0.741. The van der Waals surface area contributed by atoms with Gasteiger partial charge in [-0.3, -0.25) is 9.59 Å². The highest BCUT2D eigenvalue weighted by molar-refractivity contribution is 6.30. The lowest BCUT2D eigenvalue weighted by Gasteiger charge is -2.07. The Balaban J connectivity index is 1.52. The van der Waals surface area contributed by atoms with E-state index in [1.165, 1.54) is 0 Å². The van der Waals surface area contributed by atoms with Gasteiger partial charge in [-0.15, -0.1) is 0 Å². The van der Waals surface area contributed by atoms with Crippen LogP contribution in [0.15, 0.2) is 48.5 Å². The summed E-state index contributed by atoms with van der Waals surface area (Å²) in [6, 6.07) is 13.3. The zero-order valence-electron chi connectivity index (χ0n) is 14.7. The predicted octanol–water partition coefficient (Wildman–Crippen LogP) is 3.73. The smallest absolute Gasteiger partial charge is 0.338 e. The van der Waals surface area contributed by atoms with E-state index < -0.39 is 5.97 Å². The third kappa shape index (κ3) is 4.86. The number of hydrogen-bond acceptors (Lipinski definition) is 4. The van der Waals surface area contributed by atoms with E-state index in [4.69, 9.17) is 16.3 Å².